The summed E-state index contributed by atoms with van der Waals surface area (Å²) in [6.45, 7) is 6.40. The lowest BCUT2D eigenvalue weighted by Gasteiger charge is -2.26. The number of benzene rings is 1. The van der Waals surface area contributed by atoms with Crippen molar-refractivity contribution in [3.63, 3.8) is 0 Å². The van der Waals surface area contributed by atoms with Gasteiger partial charge in [-0.1, -0.05) is 41.9 Å². The van der Waals surface area contributed by atoms with E-state index in [4.69, 9.17) is 0 Å². The van der Waals surface area contributed by atoms with Crippen molar-refractivity contribution in [3.05, 3.63) is 29.6 Å². The molecule has 18 heavy (non-hydrogen) atoms. The third-order valence-electron chi connectivity index (χ3n) is 3.37. The normalized spacial score (nSPS) is 19.7. The number of hydrogen-bond acceptors (Lipinski definition) is 2. The molecule has 1 aliphatic rings. The Morgan fingerprint density at radius 3 is 2.89 bits per heavy atom. The minimum absolute atomic E-state index is 0.100. The molecule has 0 amide bonds. The first-order valence-electron chi connectivity index (χ1n) is 6.26. The maximum atomic E-state index is 14.1. The van der Waals surface area contributed by atoms with Gasteiger partial charge >= 0.3 is 0 Å². The van der Waals surface area contributed by atoms with Gasteiger partial charge in [-0.2, -0.15) is 11.8 Å². The fraction of sp³-hybridized carbons (Fsp3) is 0.571. The molecule has 1 saturated heterocycles. The van der Waals surface area contributed by atoms with Crippen molar-refractivity contribution in [2.24, 2.45) is 0 Å². The highest BCUT2D eigenvalue weighted by Gasteiger charge is 2.25. The summed E-state index contributed by atoms with van der Waals surface area (Å²) in [6.07, 6.45) is 1.09. The highest BCUT2D eigenvalue weighted by atomic mass is 79.9. The molecule has 1 aliphatic heterocycles. The molecule has 0 N–H and O–H groups in total. The minimum atomic E-state index is -0.100. The molecular weight excluding hydrogens is 313 g/mol. The lowest BCUT2D eigenvalue weighted by Crippen LogP contribution is -2.28. The minimum Gasteiger partial charge on any atom is -0.368 e. The van der Waals surface area contributed by atoms with Crippen LogP contribution in [0.2, 0.25) is 0 Å². The standard InChI is InChI=1S/C14H19BrFNS/c1-14(2)6-7-17(8-9-18-14)13-11(10-15)4-3-5-12(13)16/h3-5H,6-10H2,1-2H3. The van der Waals surface area contributed by atoms with Crippen molar-refractivity contribution < 1.29 is 4.39 Å². The number of halogens is 2. The monoisotopic (exact) mass is 331 g/mol. The summed E-state index contributed by atoms with van der Waals surface area (Å²) in [5.74, 6) is 0.958. The first-order chi connectivity index (χ1) is 8.53. The van der Waals surface area contributed by atoms with Gasteiger partial charge in [0.2, 0.25) is 0 Å². The van der Waals surface area contributed by atoms with Crippen molar-refractivity contribution in [1.82, 2.24) is 0 Å². The summed E-state index contributed by atoms with van der Waals surface area (Å²) < 4.78 is 14.4. The van der Waals surface area contributed by atoms with Crippen LogP contribution in [0.15, 0.2) is 18.2 Å². The highest BCUT2D eigenvalue weighted by Crippen LogP contribution is 2.34. The Morgan fingerprint density at radius 2 is 2.17 bits per heavy atom. The van der Waals surface area contributed by atoms with Crippen LogP contribution in [0, 0.1) is 5.82 Å². The van der Waals surface area contributed by atoms with Gasteiger partial charge in [0.15, 0.2) is 0 Å². The van der Waals surface area contributed by atoms with Gasteiger partial charge in [0.25, 0.3) is 0 Å². The third-order valence-corrected chi connectivity index (χ3v) is 5.34. The van der Waals surface area contributed by atoms with E-state index in [2.05, 4.69) is 34.7 Å². The van der Waals surface area contributed by atoms with E-state index < -0.39 is 0 Å². The van der Waals surface area contributed by atoms with Gasteiger partial charge in [0.1, 0.15) is 5.82 Å². The van der Waals surface area contributed by atoms with Crippen LogP contribution in [0.1, 0.15) is 25.8 Å². The Hall–Kier alpha value is -0.220. The van der Waals surface area contributed by atoms with E-state index in [1.54, 1.807) is 12.1 Å². The van der Waals surface area contributed by atoms with Crippen LogP contribution in [0.25, 0.3) is 0 Å². The van der Waals surface area contributed by atoms with Gasteiger partial charge in [0.05, 0.1) is 5.69 Å². The average Bonchev–Trinajstić information content (AvgIpc) is 2.50. The molecular formula is C14H19BrFNS. The van der Waals surface area contributed by atoms with Crippen molar-refractivity contribution in [2.45, 2.75) is 30.3 Å². The molecule has 1 nitrogen and oxygen atoms in total. The summed E-state index contributed by atoms with van der Waals surface area (Å²) in [4.78, 5) is 2.20. The maximum absolute atomic E-state index is 14.1. The zero-order chi connectivity index (χ0) is 13.2. The van der Waals surface area contributed by atoms with Gasteiger partial charge < -0.3 is 4.90 Å². The molecule has 0 atom stereocenters. The van der Waals surface area contributed by atoms with Crippen LogP contribution in [-0.4, -0.2) is 23.6 Å². The topological polar surface area (TPSA) is 3.24 Å². The van der Waals surface area contributed by atoms with Crippen LogP contribution in [0.3, 0.4) is 0 Å². The number of rotatable bonds is 2. The summed E-state index contributed by atoms with van der Waals surface area (Å²) >= 11 is 5.44. The van der Waals surface area contributed by atoms with E-state index in [9.17, 15) is 4.39 Å². The quantitative estimate of drug-likeness (QED) is 0.737. The van der Waals surface area contributed by atoms with Gasteiger partial charge in [-0.3, -0.25) is 0 Å². The number of anilines is 1. The zero-order valence-electron chi connectivity index (χ0n) is 10.9. The molecule has 100 valence electrons. The van der Waals surface area contributed by atoms with Crippen LogP contribution < -0.4 is 4.90 Å². The molecule has 0 saturated carbocycles. The molecule has 1 aromatic rings. The molecule has 0 spiro atoms. The van der Waals surface area contributed by atoms with E-state index in [1.807, 2.05) is 17.8 Å². The van der Waals surface area contributed by atoms with Crippen LogP contribution >= 0.6 is 27.7 Å². The molecule has 1 heterocycles. The van der Waals surface area contributed by atoms with E-state index >= 15 is 0 Å². The van der Waals surface area contributed by atoms with E-state index in [-0.39, 0.29) is 5.82 Å². The number of hydrogen-bond donors (Lipinski definition) is 0. The van der Waals surface area contributed by atoms with Crippen molar-refractivity contribution in [2.75, 3.05) is 23.7 Å². The van der Waals surface area contributed by atoms with Crippen molar-refractivity contribution in [1.29, 1.82) is 0 Å². The number of para-hydroxylation sites is 1. The number of thioether (sulfide) groups is 1. The maximum Gasteiger partial charge on any atom is 0.146 e. The summed E-state index contributed by atoms with van der Waals surface area (Å²) in [7, 11) is 0. The van der Waals surface area contributed by atoms with Crippen LogP contribution in [-0.2, 0) is 5.33 Å². The predicted molar refractivity (Wildman–Crippen MR) is 82.4 cm³/mol. The Labute approximate surface area is 121 Å². The van der Waals surface area contributed by atoms with Crippen molar-refractivity contribution in [3.8, 4) is 0 Å². The second-order valence-corrected chi connectivity index (χ2v) is 7.59. The first-order valence-corrected chi connectivity index (χ1v) is 8.36. The lowest BCUT2D eigenvalue weighted by molar-refractivity contribution is 0.601. The van der Waals surface area contributed by atoms with E-state index in [0.717, 1.165) is 36.5 Å². The zero-order valence-corrected chi connectivity index (χ0v) is 13.3. The second-order valence-electron chi connectivity index (χ2n) is 5.23. The van der Waals surface area contributed by atoms with Gasteiger partial charge in [-0.15, -0.1) is 0 Å². The molecule has 0 aliphatic carbocycles. The predicted octanol–water partition coefficient (Wildman–Crippen LogP) is 4.44. The molecule has 0 radical (unpaired) electrons. The third kappa shape index (κ3) is 3.21. The molecule has 0 bridgehead atoms. The lowest BCUT2D eigenvalue weighted by atomic mass is 10.1. The Morgan fingerprint density at radius 1 is 1.39 bits per heavy atom. The van der Waals surface area contributed by atoms with Gasteiger partial charge in [-0.05, 0) is 18.1 Å². The highest BCUT2D eigenvalue weighted by molar-refractivity contribution is 9.08. The Kier molecular flexibility index (Phi) is 4.59. The molecule has 0 aromatic heterocycles. The smallest absolute Gasteiger partial charge is 0.146 e. The fourth-order valence-electron chi connectivity index (χ4n) is 2.27. The van der Waals surface area contributed by atoms with Crippen LogP contribution in [0.5, 0.6) is 0 Å². The largest absolute Gasteiger partial charge is 0.368 e. The first kappa shape index (κ1) is 14.2. The molecule has 1 aromatic carbocycles. The number of alkyl halides is 1. The Balaban J connectivity index is 2.26. The van der Waals surface area contributed by atoms with Gasteiger partial charge in [0, 0.05) is 28.9 Å². The molecule has 4 heteroatoms. The number of nitrogens with zero attached hydrogens (tertiary/aromatic N) is 1. The molecule has 0 unspecified atom stereocenters. The second kappa shape index (κ2) is 5.83. The van der Waals surface area contributed by atoms with E-state index in [0.29, 0.717) is 10.1 Å². The summed E-state index contributed by atoms with van der Waals surface area (Å²) in [5.41, 5.74) is 1.83. The van der Waals surface area contributed by atoms with Crippen molar-refractivity contribution >= 4 is 33.4 Å². The average molecular weight is 332 g/mol. The molecule has 1 fully saturated rings. The fourth-order valence-corrected chi connectivity index (χ4v) is 3.82. The summed E-state index contributed by atoms with van der Waals surface area (Å²) in [5, 5.41) is 0.702. The van der Waals surface area contributed by atoms with E-state index in [1.165, 1.54) is 0 Å². The SMILES string of the molecule is CC1(C)CCN(c2c(F)cccc2CBr)CCS1. The summed E-state index contributed by atoms with van der Waals surface area (Å²) in [6, 6.07) is 5.34. The molecule has 2 rings (SSSR count). The van der Waals surface area contributed by atoms with Gasteiger partial charge in [-0.25, -0.2) is 4.39 Å². The Bertz CT molecular complexity index is 422. The van der Waals surface area contributed by atoms with Crippen LogP contribution in [0.4, 0.5) is 10.1 Å².